The van der Waals surface area contributed by atoms with E-state index < -0.39 is 16.7 Å². The second kappa shape index (κ2) is 6.58. The third-order valence-corrected chi connectivity index (χ3v) is 4.55. The second-order valence-electron chi connectivity index (χ2n) is 4.96. The van der Waals surface area contributed by atoms with Crippen LogP contribution in [0.1, 0.15) is 23.9 Å². The number of furan rings is 1. The fourth-order valence-electron chi connectivity index (χ4n) is 2.25. The lowest BCUT2D eigenvalue weighted by Gasteiger charge is -2.02. The first kappa shape index (κ1) is 16.4. The van der Waals surface area contributed by atoms with Gasteiger partial charge in [0.25, 0.3) is 0 Å². The molecule has 0 N–H and O–H groups in total. The maximum absolute atomic E-state index is 12.2. The van der Waals surface area contributed by atoms with Crippen molar-refractivity contribution in [1.82, 2.24) is 4.57 Å². The van der Waals surface area contributed by atoms with Crippen molar-refractivity contribution < 1.29 is 14.1 Å². The number of amides is 1. The number of carbonyl (C=O) groups is 1. The van der Waals surface area contributed by atoms with Gasteiger partial charge < -0.3 is 8.98 Å². The standard InChI is InChI=1S/C15H12ClN3O4S/c1-2-7-18-10-4-3-9(16)8-12(10)24-15(18)17-14(20)11-5-6-13(23-11)19(21)22/h3-6,8H,2,7H2,1H3. The summed E-state index contributed by atoms with van der Waals surface area (Å²) in [5.74, 6) is -1.32. The molecule has 9 heteroatoms. The van der Waals surface area contributed by atoms with Crippen LogP contribution in [0.4, 0.5) is 5.88 Å². The van der Waals surface area contributed by atoms with Crippen LogP contribution in [0, 0.1) is 10.1 Å². The number of rotatable bonds is 4. The third-order valence-electron chi connectivity index (χ3n) is 3.27. The molecule has 0 bridgehead atoms. The van der Waals surface area contributed by atoms with Gasteiger partial charge in [-0.2, -0.15) is 4.99 Å². The zero-order valence-electron chi connectivity index (χ0n) is 12.6. The molecule has 2 aromatic heterocycles. The first-order valence-electron chi connectivity index (χ1n) is 7.11. The van der Waals surface area contributed by atoms with Crippen molar-refractivity contribution in [1.29, 1.82) is 0 Å². The molecule has 0 unspecified atom stereocenters. The minimum absolute atomic E-state index is 0.166. The molecule has 7 nitrogen and oxygen atoms in total. The van der Waals surface area contributed by atoms with Gasteiger partial charge in [-0.15, -0.1) is 0 Å². The molecule has 0 fully saturated rings. The topological polar surface area (TPSA) is 90.6 Å². The molecule has 1 aromatic carbocycles. The Morgan fingerprint density at radius 1 is 1.42 bits per heavy atom. The molecule has 124 valence electrons. The predicted molar refractivity (Wildman–Crippen MR) is 90.4 cm³/mol. The quantitative estimate of drug-likeness (QED) is 0.516. The van der Waals surface area contributed by atoms with Gasteiger partial charge in [0.05, 0.1) is 16.3 Å². The van der Waals surface area contributed by atoms with E-state index in [1.165, 1.54) is 17.4 Å². The van der Waals surface area contributed by atoms with E-state index in [-0.39, 0.29) is 5.76 Å². The van der Waals surface area contributed by atoms with Gasteiger partial charge in [-0.25, -0.2) is 0 Å². The molecule has 24 heavy (non-hydrogen) atoms. The molecule has 2 heterocycles. The van der Waals surface area contributed by atoms with Crippen molar-refractivity contribution in [3.63, 3.8) is 0 Å². The summed E-state index contributed by atoms with van der Waals surface area (Å²) in [6, 6.07) is 7.86. The number of nitrogens with zero attached hydrogens (tertiary/aromatic N) is 3. The zero-order chi connectivity index (χ0) is 17.3. The molecular formula is C15H12ClN3O4S. The van der Waals surface area contributed by atoms with E-state index >= 15 is 0 Å². The summed E-state index contributed by atoms with van der Waals surface area (Å²) in [6.45, 7) is 2.71. The lowest BCUT2D eigenvalue weighted by Crippen LogP contribution is -2.16. The normalized spacial score (nSPS) is 12.0. The summed E-state index contributed by atoms with van der Waals surface area (Å²) in [5, 5.41) is 11.2. The number of hydrogen-bond acceptors (Lipinski definition) is 5. The fraction of sp³-hybridized carbons (Fsp3) is 0.200. The molecule has 0 radical (unpaired) electrons. The van der Waals surface area contributed by atoms with Crippen LogP contribution in [0.2, 0.25) is 5.02 Å². The van der Waals surface area contributed by atoms with Gasteiger partial charge in [-0.05, 0) is 30.7 Å². The number of hydrogen-bond donors (Lipinski definition) is 0. The van der Waals surface area contributed by atoms with E-state index in [9.17, 15) is 14.9 Å². The molecule has 0 saturated heterocycles. The molecule has 0 atom stereocenters. The summed E-state index contributed by atoms with van der Waals surface area (Å²) in [6.07, 6.45) is 0.863. The number of halogens is 1. The SMILES string of the molecule is CCCn1c(=NC(=O)c2ccc([N+](=O)[O-])o2)sc2cc(Cl)ccc21. The van der Waals surface area contributed by atoms with Crippen molar-refractivity contribution in [3.8, 4) is 0 Å². The van der Waals surface area contributed by atoms with Gasteiger partial charge in [0.2, 0.25) is 5.76 Å². The van der Waals surface area contributed by atoms with Crippen molar-refractivity contribution in [2.45, 2.75) is 19.9 Å². The summed E-state index contributed by atoms with van der Waals surface area (Å²) in [5.41, 5.74) is 0.934. The third kappa shape index (κ3) is 3.10. The Labute approximate surface area is 145 Å². The van der Waals surface area contributed by atoms with Gasteiger partial charge in [0.1, 0.15) is 4.92 Å². The van der Waals surface area contributed by atoms with Crippen LogP contribution in [-0.4, -0.2) is 15.4 Å². The number of aryl methyl sites for hydroxylation is 1. The van der Waals surface area contributed by atoms with Gasteiger partial charge in [0.15, 0.2) is 4.80 Å². The number of aromatic nitrogens is 1. The van der Waals surface area contributed by atoms with Crippen molar-refractivity contribution in [3.05, 3.63) is 56.0 Å². The van der Waals surface area contributed by atoms with Gasteiger partial charge in [-0.3, -0.25) is 14.9 Å². The first-order chi connectivity index (χ1) is 11.5. The smallest absolute Gasteiger partial charge is 0.395 e. The largest absolute Gasteiger partial charge is 0.433 e. The lowest BCUT2D eigenvalue weighted by atomic mass is 10.3. The number of carbonyl (C=O) groups excluding carboxylic acids is 1. The molecule has 0 aliphatic carbocycles. The highest BCUT2D eigenvalue weighted by atomic mass is 35.5. The summed E-state index contributed by atoms with van der Waals surface area (Å²) >= 11 is 7.34. The van der Waals surface area contributed by atoms with Gasteiger partial charge >= 0.3 is 11.8 Å². The molecule has 1 amide bonds. The average molecular weight is 366 g/mol. The number of thiazole rings is 1. The van der Waals surface area contributed by atoms with E-state index in [1.54, 1.807) is 6.07 Å². The van der Waals surface area contributed by atoms with E-state index in [1.807, 2.05) is 23.6 Å². The van der Waals surface area contributed by atoms with Crippen LogP contribution in [0.15, 0.2) is 39.7 Å². The molecule has 0 spiro atoms. The maximum atomic E-state index is 12.2. The van der Waals surface area contributed by atoms with Gasteiger partial charge in [-0.1, -0.05) is 29.9 Å². The Hall–Kier alpha value is -2.45. The van der Waals surface area contributed by atoms with Crippen molar-refractivity contribution >= 4 is 44.9 Å². The average Bonchev–Trinajstić information content (AvgIpc) is 3.13. The Balaban J connectivity index is 2.09. The van der Waals surface area contributed by atoms with E-state index in [4.69, 9.17) is 16.0 Å². The minimum Gasteiger partial charge on any atom is -0.395 e. The monoisotopic (exact) mass is 365 g/mol. The second-order valence-corrected chi connectivity index (χ2v) is 6.41. The van der Waals surface area contributed by atoms with E-state index in [0.29, 0.717) is 16.4 Å². The van der Waals surface area contributed by atoms with Crippen LogP contribution in [-0.2, 0) is 6.54 Å². The van der Waals surface area contributed by atoms with Crippen LogP contribution in [0.25, 0.3) is 10.2 Å². The Morgan fingerprint density at radius 3 is 2.88 bits per heavy atom. The molecular weight excluding hydrogens is 354 g/mol. The Bertz CT molecular complexity index is 1000. The molecule has 3 rings (SSSR count). The van der Waals surface area contributed by atoms with E-state index in [2.05, 4.69) is 4.99 Å². The Kier molecular flexibility index (Phi) is 4.50. The molecule has 0 aliphatic rings. The number of nitro groups is 1. The molecule has 0 aliphatic heterocycles. The highest BCUT2D eigenvalue weighted by Crippen LogP contribution is 2.22. The van der Waals surface area contributed by atoms with Gasteiger partial charge in [0, 0.05) is 11.6 Å². The number of fused-ring (bicyclic) bond motifs is 1. The van der Waals surface area contributed by atoms with E-state index in [0.717, 1.165) is 22.7 Å². The predicted octanol–water partition coefficient (Wildman–Crippen LogP) is 4.01. The van der Waals surface area contributed by atoms with Crippen molar-refractivity contribution in [2.75, 3.05) is 0 Å². The summed E-state index contributed by atoms with van der Waals surface area (Å²) in [7, 11) is 0. The highest BCUT2D eigenvalue weighted by Gasteiger charge is 2.17. The summed E-state index contributed by atoms with van der Waals surface area (Å²) in [4.78, 5) is 26.7. The van der Waals surface area contributed by atoms with Crippen LogP contribution in [0.3, 0.4) is 0 Å². The molecule has 0 saturated carbocycles. The lowest BCUT2D eigenvalue weighted by molar-refractivity contribution is -0.402. The maximum Gasteiger partial charge on any atom is 0.433 e. The minimum atomic E-state index is -0.699. The first-order valence-corrected chi connectivity index (χ1v) is 8.31. The fourth-order valence-corrected chi connectivity index (χ4v) is 3.59. The van der Waals surface area contributed by atoms with Crippen LogP contribution in [0.5, 0.6) is 0 Å². The Morgan fingerprint density at radius 2 is 2.21 bits per heavy atom. The highest BCUT2D eigenvalue weighted by molar-refractivity contribution is 7.16. The molecule has 3 aromatic rings. The summed E-state index contributed by atoms with van der Waals surface area (Å²) < 4.78 is 7.74. The van der Waals surface area contributed by atoms with Crippen LogP contribution < -0.4 is 4.80 Å². The van der Waals surface area contributed by atoms with Crippen molar-refractivity contribution in [2.24, 2.45) is 4.99 Å². The zero-order valence-corrected chi connectivity index (χ0v) is 14.1. The number of benzene rings is 1. The van der Waals surface area contributed by atoms with Crippen LogP contribution >= 0.6 is 22.9 Å².